The Balaban J connectivity index is 1.11. The molecule has 0 aromatic carbocycles. The number of nitrogens with two attached hydrogens (primary N) is 2. The molecule has 0 amide bonds. The number of alkyl halides is 1. The molecule has 3 aliphatic heterocycles. The van der Waals surface area contributed by atoms with Crippen LogP contribution >= 0.6 is 6.72 Å². The smallest absolute Gasteiger partial charge is 0.336 e. The fourth-order valence-corrected chi connectivity index (χ4v) is 8.45. The first-order valence-electron chi connectivity index (χ1n) is 12.9. The third kappa shape index (κ3) is 4.42. The molecule has 4 aliphatic rings. The van der Waals surface area contributed by atoms with Crippen LogP contribution in [0.1, 0.15) is 12.5 Å². The molecular weight excluding hydrogens is 652 g/mol. The number of rotatable bonds is 2. The van der Waals surface area contributed by atoms with Crippen LogP contribution in [0.2, 0.25) is 0 Å². The number of hydrogen-bond acceptors (Lipinski definition) is 16. The van der Waals surface area contributed by atoms with Gasteiger partial charge in [-0.3, -0.25) is 23.1 Å². The molecule has 10 atom stereocenters. The molecule has 20 nitrogen and oxygen atoms in total. The summed E-state index contributed by atoms with van der Waals surface area (Å²) in [6, 6.07) is -1.55. The zero-order valence-corrected chi connectivity index (χ0v) is 24.3. The Labute approximate surface area is 249 Å². The van der Waals surface area contributed by atoms with E-state index in [2.05, 4.69) is 34.6 Å². The molecule has 0 radical (unpaired) electrons. The molecule has 1 aliphatic carbocycles. The first kappa shape index (κ1) is 28.2. The lowest BCUT2D eigenvalue weighted by Crippen LogP contribution is -2.48. The molecular formula is C20H21FN11O9PS2. The summed E-state index contributed by atoms with van der Waals surface area (Å²) in [5.41, 5.74) is 11.3. The van der Waals surface area contributed by atoms with E-state index < -0.39 is 84.2 Å². The van der Waals surface area contributed by atoms with E-state index in [1.165, 1.54) is 21.8 Å². The number of aromatic amines is 1. The quantitative estimate of drug-likeness (QED) is 0.145. The highest BCUT2D eigenvalue weighted by molar-refractivity contribution is 8.07. The predicted octanol–water partition coefficient (Wildman–Crippen LogP) is -1.89. The van der Waals surface area contributed by atoms with Crippen molar-refractivity contribution in [2.75, 3.05) is 18.1 Å². The Morgan fingerprint density at radius 2 is 1.80 bits per heavy atom. The SMILES string of the molecule is Nc1nc2c(ncn2[C@@H]2OC3C4OS(=O)(=O)N[C@@H]5C(COP(O)(=S)O[C@@H]2C34)O[C@@H](n2cnc3c(N)ncnc32)[C@@H]5F)c(=O)[nH]1. The summed E-state index contributed by atoms with van der Waals surface area (Å²) in [7, 11) is -4.62. The van der Waals surface area contributed by atoms with Gasteiger partial charge < -0.3 is 34.9 Å². The maximum atomic E-state index is 16.0. The Kier molecular flexibility index (Phi) is 6.18. The molecule has 3 saturated heterocycles. The summed E-state index contributed by atoms with van der Waals surface area (Å²) in [6.45, 7) is -4.71. The fraction of sp³-hybridized carbons (Fsp3) is 0.500. The molecule has 0 spiro atoms. The average molecular weight is 674 g/mol. The van der Waals surface area contributed by atoms with E-state index in [0.29, 0.717) is 0 Å². The zero-order chi connectivity index (χ0) is 30.7. The van der Waals surface area contributed by atoms with Crippen LogP contribution in [0, 0.1) is 5.92 Å². The highest BCUT2D eigenvalue weighted by Crippen LogP contribution is 2.59. The topological polar surface area (TPSA) is 272 Å². The van der Waals surface area contributed by atoms with E-state index >= 15 is 4.39 Å². The molecule has 0 bridgehead atoms. The summed E-state index contributed by atoms with van der Waals surface area (Å²) in [6.07, 6.45) is -5.30. The van der Waals surface area contributed by atoms with Crippen molar-refractivity contribution in [3.05, 3.63) is 29.3 Å². The maximum Gasteiger partial charge on any atom is 0.336 e. The first-order chi connectivity index (χ1) is 20.9. The Hall–Kier alpha value is -3.25. The van der Waals surface area contributed by atoms with Crippen LogP contribution in [0.25, 0.3) is 22.3 Å². The summed E-state index contributed by atoms with van der Waals surface area (Å²) in [4.78, 5) is 45.9. The predicted molar refractivity (Wildman–Crippen MR) is 147 cm³/mol. The number of anilines is 2. The molecule has 4 aromatic heterocycles. The van der Waals surface area contributed by atoms with Crippen LogP contribution in [0.3, 0.4) is 0 Å². The first-order valence-corrected chi connectivity index (χ1v) is 16.9. The van der Waals surface area contributed by atoms with Crippen molar-refractivity contribution in [1.82, 2.24) is 43.8 Å². The van der Waals surface area contributed by atoms with Gasteiger partial charge in [-0.1, -0.05) is 0 Å². The lowest BCUT2D eigenvalue weighted by molar-refractivity contribution is -0.0642. The molecule has 24 heteroatoms. The number of ether oxygens (including phenoxy) is 2. The van der Waals surface area contributed by atoms with E-state index in [0.717, 1.165) is 6.33 Å². The highest BCUT2D eigenvalue weighted by Gasteiger charge is 2.69. The number of nitrogen functional groups attached to an aromatic ring is 2. The maximum absolute atomic E-state index is 16.0. The summed E-state index contributed by atoms with van der Waals surface area (Å²) in [5, 5.41) is 0. The van der Waals surface area contributed by atoms with Gasteiger partial charge in [-0.2, -0.15) is 18.1 Å². The second kappa shape index (κ2) is 9.62. The number of nitrogens with one attached hydrogen (secondary N) is 2. The minimum absolute atomic E-state index is 0.0460. The standard InChI is InChI=1S/C20H21FN11O9PS2/c21-7-8-5(38-18(7)31-3-26-9-14(22)24-2-25-15(9)31)1-37-42(34,43)40-13-6-11(12(6)41-44(35,36)30-8)39-19(13)32-4-27-10-16(32)28-20(23)29-17(10)33/h2-8,11-13,18-19,30H,1H2,(H,34,43)(H2,22,24,25)(H3,23,28,29,33)/t5?,6?,7-,8-,11?,12?,13-,18-,19-,42?/m1/s1. The molecule has 7 heterocycles. The fourth-order valence-electron chi connectivity index (χ4n) is 5.82. The summed E-state index contributed by atoms with van der Waals surface area (Å²) >= 11 is 5.27. The summed E-state index contributed by atoms with van der Waals surface area (Å²) < 4.78 is 75.7. The molecule has 8 rings (SSSR count). The van der Waals surface area contributed by atoms with Gasteiger partial charge in [-0.25, -0.2) is 24.3 Å². The zero-order valence-electron chi connectivity index (χ0n) is 21.8. The van der Waals surface area contributed by atoms with Crippen LogP contribution in [-0.2, 0) is 44.8 Å². The van der Waals surface area contributed by atoms with Gasteiger partial charge in [0.15, 0.2) is 41.3 Å². The minimum atomic E-state index is -4.62. The van der Waals surface area contributed by atoms with Crippen molar-refractivity contribution in [3.63, 3.8) is 0 Å². The van der Waals surface area contributed by atoms with Crippen LogP contribution in [0.4, 0.5) is 16.2 Å². The Bertz CT molecular complexity index is 2040. The molecule has 1 saturated carbocycles. The summed E-state index contributed by atoms with van der Waals surface area (Å²) in [5.74, 6) is -0.901. The van der Waals surface area contributed by atoms with Crippen molar-refractivity contribution in [2.45, 2.75) is 49.1 Å². The number of imidazole rings is 2. The van der Waals surface area contributed by atoms with Crippen molar-refractivity contribution >= 4 is 62.9 Å². The third-order valence-electron chi connectivity index (χ3n) is 7.79. The molecule has 7 N–H and O–H groups in total. The average Bonchev–Trinajstić information content (AvgIpc) is 3.40. The van der Waals surface area contributed by atoms with Gasteiger partial charge in [0.25, 0.3) is 5.56 Å². The molecule has 44 heavy (non-hydrogen) atoms. The molecule has 4 aromatic rings. The number of aromatic nitrogens is 8. The monoisotopic (exact) mass is 673 g/mol. The van der Waals surface area contributed by atoms with Gasteiger partial charge in [0, 0.05) is 5.92 Å². The number of halogens is 1. The van der Waals surface area contributed by atoms with Gasteiger partial charge in [0.1, 0.15) is 30.2 Å². The van der Waals surface area contributed by atoms with E-state index in [1.807, 2.05) is 0 Å². The van der Waals surface area contributed by atoms with E-state index in [4.69, 9.17) is 46.0 Å². The van der Waals surface area contributed by atoms with Gasteiger partial charge in [-0.15, -0.1) is 0 Å². The Morgan fingerprint density at radius 1 is 1.05 bits per heavy atom. The minimum Gasteiger partial charge on any atom is -0.382 e. The highest BCUT2D eigenvalue weighted by atomic mass is 32.5. The van der Waals surface area contributed by atoms with Crippen LogP contribution in [0.5, 0.6) is 0 Å². The Morgan fingerprint density at radius 3 is 2.59 bits per heavy atom. The molecule has 5 unspecified atom stereocenters. The van der Waals surface area contributed by atoms with Crippen molar-refractivity contribution < 1.29 is 40.4 Å². The van der Waals surface area contributed by atoms with E-state index in [9.17, 15) is 18.1 Å². The van der Waals surface area contributed by atoms with Crippen molar-refractivity contribution in [2.24, 2.45) is 5.92 Å². The molecule has 234 valence electrons. The number of fused-ring (bicyclic) bond motifs is 4. The number of nitrogens with zero attached hydrogens (tertiary/aromatic N) is 7. The van der Waals surface area contributed by atoms with Crippen LogP contribution < -0.4 is 21.7 Å². The number of H-pyrrole nitrogens is 1. The van der Waals surface area contributed by atoms with Gasteiger partial charge >= 0.3 is 17.0 Å². The largest absolute Gasteiger partial charge is 0.382 e. The van der Waals surface area contributed by atoms with Crippen LogP contribution in [0.15, 0.2) is 23.8 Å². The lowest BCUT2D eigenvalue weighted by atomic mass is 10.1. The van der Waals surface area contributed by atoms with Crippen LogP contribution in [-0.4, -0.2) is 95.6 Å². The number of hydrogen-bond donors (Lipinski definition) is 5. The lowest BCUT2D eigenvalue weighted by Gasteiger charge is -2.30. The van der Waals surface area contributed by atoms with Crippen molar-refractivity contribution in [3.8, 4) is 0 Å². The molecule has 4 fully saturated rings. The van der Waals surface area contributed by atoms with Gasteiger partial charge in [0.2, 0.25) is 5.95 Å². The second-order valence-electron chi connectivity index (χ2n) is 10.4. The third-order valence-corrected chi connectivity index (χ3v) is 10.4. The van der Waals surface area contributed by atoms with E-state index in [1.54, 1.807) is 0 Å². The van der Waals surface area contributed by atoms with Crippen molar-refractivity contribution in [1.29, 1.82) is 0 Å². The second-order valence-corrected chi connectivity index (χ2v) is 14.6. The normalized spacial score (nSPS) is 38.2. The van der Waals surface area contributed by atoms with Gasteiger partial charge in [-0.05, 0) is 11.8 Å². The van der Waals surface area contributed by atoms with Gasteiger partial charge in [0.05, 0.1) is 31.4 Å². The van der Waals surface area contributed by atoms with E-state index in [-0.39, 0.29) is 34.1 Å².